The molecule has 3 aromatic heterocycles. The topological polar surface area (TPSA) is 38.9 Å². The van der Waals surface area contributed by atoms with Gasteiger partial charge in [-0.15, -0.1) is 0 Å². The second kappa shape index (κ2) is 13.3. The molecule has 0 N–H and O–H groups in total. The fourth-order valence-electron chi connectivity index (χ4n) is 8.99. The van der Waals surface area contributed by atoms with Crippen LogP contribution in [0.2, 0.25) is 0 Å². The van der Waals surface area contributed by atoms with Crippen LogP contribution in [-0.4, -0.2) is 19.1 Å². The number of hydrogen-bond donors (Lipinski definition) is 0. The van der Waals surface area contributed by atoms with Gasteiger partial charge in [0.05, 0.1) is 50.7 Å². The zero-order chi connectivity index (χ0) is 38.9. The Bertz CT molecular complexity index is 3320. The quantitative estimate of drug-likeness (QED) is 0.176. The van der Waals surface area contributed by atoms with Crippen LogP contribution in [0.25, 0.3) is 89.2 Å². The molecule has 1 aliphatic heterocycles. The highest BCUT2D eigenvalue weighted by atomic mass is 15.2. The van der Waals surface area contributed by atoms with E-state index < -0.39 is 0 Å². The van der Waals surface area contributed by atoms with Gasteiger partial charge in [0, 0.05) is 49.8 Å². The van der Waals surface area contributed by atoms with Crippen molar-refractivity contribution < 1.29 is 0 Å². The van der Waals surface area contributed by atoms with Gasteiger partial charge in [-0.05, 0) is 72.8 Å². The number of hydrogen-bond acceptors (Lipinski definition) is 3. The van der Waals surface area contributed by atoms with Gasteiger partial charge in [0.25, 0.3) is 0 Å². The van der Waals surface area contributed by atoms with E-state index in [9.17, 15) is 0 Å². The van der Waals surface area contributed by atoms with Crippen LogP contribution in [0.5, 0.6) is 0 Å². The molecule has 276 valence electrons. The molecule has 0 aliphatic carbocycles. The third-order valence-electron chi connectivity index (χ3n) is 11.6. The summed E-state index contributed by atoms with van der Waals surface area (Å²) in [5, 5.41) is 3.61. The van der Waals surface area contributed by atoms with Crippen LogP contribution < -0.4 is 4.90 Å². The number of rotatable bonds is 5. The van der Waals surface area contributed by atoms with Crippen LogP contribution in [0, 0.1) is 0 Å². The molecule has 0 amide bonds. The first-order valence-electron chi connectivity index (χ1n) is 20.0. The van der Waals surface area contributed by atoms with E-state index in [4.69, 9.17) is 9.97 Å². The number of aromatic nitrogens is 4. The van der Waals surface area contributed by atoms with Gasteiger partial charge in [-0.3, -0.25) is 0 Å². The molecule has 0 saturated carbocycles. The number of benzene rings is 8. The van der Waals surface area contributed by atoms with Gasteiger partial charge < -0.3 is 14.0 Å². The Morgan fingerprint density at radius 1 is 0.339 bits per heavy atom. The number of nitrogens with zero attached hydrogens (tertiary/aromatic N) is 5. The van der Waals surface area contributed by atoms with E-state index in [1.807, 2.05) is 12.1 Å². The average Bonchev–Trinajstić information content (AvgIpc) is 3.80. The molecule has 11 aromatic rings. The van der Waals surface area contributed by atoms with Crippen LogP contribution in [-0.2, 0) is 0 Å². The molecule has 0 bridgehead atoms. The third-order valence-corrected chi connectivity index (χ3v) is 11.6. The van der Waals surface area contributed by atoms with E-state index in [1.165, 1.54) is 21.7 Å². The molecule has 0 saturated heterocycles. The minimum Gasteiger partial charge on any atom is -0.309 e. The smallest absolute Gasteiger partial charge is 0.160 e. The summed E-state index contributed by atoms with van der Waals surface area (Å²) in [4.78, 5) is 12.7. The maximum absolute atomic E-state index is 5.18. The molecular formula is C54H35N5. The van der Waals surface area contributed by atoms with Crippen molar-refractivity contribution in [3.63, 3.8) is 0 Å². The minimum absolute atomic E-state index is 0.686. The Morgan fingerprint density at radius 3 is 1.68 bits per heavy atom. The van der Waals surface area contributed by atoms with Crippen LogP contribution in [0.15, 0.2) is 212 Å². The monoisotopic (exact) mass is 753 g/mol. The van der Waals surface area contributed by atoms with Gasteiger partial charge in [-0.1, -0.05) is 140 Å². The highest BCUT2D eigenvalue weighted by Gasteiger charge is 2.28. The lowest BCUT2D eigenvalue weighted by molar-refractivity contribution is 1.13. The molecular weight excluding hydrogens is 719 g/mol. The van der Waals surface area contributed by atoms with Gasteiger partial charge >= 0.3 is 0 Å². The lowest BCUT2D eigenvalue weighted by Crippen LogP contribution is -2.11. The summed E-state index contributed by atoms with van der Waals surface area (Å²) in [6.07, 6.45) is 0. The van der Waals surface area contributed by atoms with Crippen molar-refractivity contribution >= 4 is 49.8 Å². The van der Waals surface area contributed by atoms with Crippen molar-refractivity contribution in [3.05, 3.63) is 212 Å². The fourth-order valence-corrected chi connectivity index (χ4v) is 8.99. The summed E-state index contributed by atoms with van der Waals surface area (Å²) >= 11 is 0. The largest absolute Gasteiger partial charge is 0.309 e. The molecule has 4 heterocycles. The average molecular weight is 754 g/mol. The van der Waals surface area contributed by atoms with E-state index in [0.29, 0.717) is 5.82 Å². The van der Waals surface area contributed by atoms with Gasteiger partial charge in [-0.25, -0.2) is 9.97 Å². The highest BCUT2D eigenvalue weighted by molar-refractivity contribution is 6.14. The maximum Gasteiger partial charge on any atom is 0.160 e. The predicted molar refractivity (Wildman–Crippen MR) is 243 cm³/mol. The SMILES string of the molecule is c1ccc(-c2cc(-c3ccccc3)nc(-c3cccc(-n4c5ccccc5c5cc6cc7n(c6cc54)-c4ccccc4N(c4ccccc4)c4ccccc4-7)c3)n2)cc1. The van der Waals surface area contributed by atoms with Crippen molar-refractivity contribution in [1.29, 1.82) is 0 Å². The molecule has 12 rings (SSSR count). The lowest BCUT2D eigenvalue weighted by Gasteiger charge is -2.26. The van der Waals surface area contributed by atoms with Gasteiger partial charge in [-0.2, -0.15) is 0 Å². The Kier molecular flexibility index (Phi) is 7.47. The van der Waals surface area contributed by atoms with E-state index >= 15 is 0 Å². The van der Waals surface area contributed by atoms with Crippen molar-refractivity contribution in [2.45, 2.75) is 0 Å². The van der Waals surface area contributed by atoms with Crippen LogP contribution in [0.3, 0.4) is 0 Å². The van der Waals surface area contributed by atoms with E-state index in [2.05, 4.69) is 214 Å². The van der Waals surface area contributed by atoms with Crippen molar-refractivity contribution in [2.24, 2.45) is 0 Å². The predicted octanol–water partition coefficient (Wildman–Crippen LogP) is 14.0. The molecule has 0 spiro atoms. The van der Waals surface area contributed by atoms with E-state index in [1.54, 1.807) is 0 Å². The number of para-hydroxylation sites is 5. The number of fused-ring (bicyclic) bond motifs is 10. The van der Waals surface area contributed by atoms with E-state index in [-0.39, 0.29) is 0 Å². The molecule has 1 aliphatic rings. The summed E-state index contributed by atoms with van der Waals surface area (Å²) in [6, 6.07) is 75.6. The summed E-state index contributed by atoms with van der Waals surface area (Å²) in [6.45, 7) is 0. The zero-order valence-electron chi connectivity index (χ0n) is 31.9. The van der Waals surface area contributed by atoms with Crippen molar-refractivity contribution in [3.8, 4) is 56.5 Å². The second-order valence-corrected chi connectivity index (χ2v) is 15.1. The standard InChI is InChI=1S/C54H35N5/c1-4-17-36(18-5-1)45-34-46(37-19-6-2-7-20-37)56-54(55-45)38-21-16-24-41(31-38)58-47-27-12-10-25-42(47)44-32-39-33-52-43-26-11-13-28-48(43)57(40-22-8-3-9-23-40)49-29-14-15-30-50(49)59(52)51(39)35-53(44)58/h1-35H. The summed E-state index contributed by atoms with van der Waals surface area (Å²) < 4.78 is 4.86. The second-order valence-electron chi connectivity index (χ2n) is 15.1. The summed E-state index contributed by atoms with van der Waals surface area (Å²) in [7, 11) is 0. The molecule has 59 heavy (non-hydrogen) atoms. The van der Waals surface area contributed by atoms with Crippen LogP contribution in [0.1, 0.15) is 0 Å². The molecule has 0 radical (unpaired) electrons. The Labute approximate surface area is 341 Å². The van der Waals surface area contributed by atoms with Crippen LogP contribution in [0.4, 0.5) is 17.1 Å². The third kappa shape index (κ3) is 5.33. The van der Waals surface area contributed by atoms with E-state index in [0.717, 1.165) is 78.8 Å². The molecule has 0 atom stereocenters. The first kappa shape index (κ1) is 33.2. The molecule has 0 fully saturated rings. The molecule has 0 unspecified atom stereocenters. The van der Waals surface area contributed by atoms with Crippen molar-refractivity contribution in [2.75, 3.05) is 4.90 Å². The van der Waals surface area contributed by atoms with Crippen LogP contribution >= 0.6 is 0 Å². The summed E-state index contributed by atoms with van der Waals surface area (Å²) in [5.41, 5.74) is 16.2. The van der Waals surface area contributed by atoms with Gasteiger partial charge in [0.15, 0.2) is 5.82 Å². The Balaban J connectivity index is 1.09. The maximum atomic E-state index is 5.18. The normalized spacial score (nSPS) is 12.0. The fraction of sp³-hybridized carbons (Fsp3) is 0. The summed E-state index contributed by atoms with van der Waals surface area (Å²) in [5.74, 6) is 0.686. The lowest BCUT2D eigenvalue weighted by atomic mass is 10.1. The Hall–Kier alpha value is -8.02. The van der Waals surface area contributed by atoms with Crippen molar-refractivity contribution in [1.82, 2.24) is 19.1 Å². The number of anilines is 3. The zero-order valence-corrected chi connectivity index (χ0v) is 31.9. The molecule has 5 heteroatoms. The first-order valence-corrected chi connectivity index (χ1v) is 20.0. The minimum atomic E-state index is 0.686. The van der Waals surface area contributed by atoms with Gasteiger partial charge in [0.2, 0.25) is 0 Å². The van der Waals surface area contributed by atoms with Gasteiger partial charge in [0.1, 0.15) is 0 Å². The highest BCUT2D eigenvalue weighted by Crippen LogP contribution is 2.49. The Morgan fingerprint density at radius 2 is 0.932 bits per heavy atom. The first-order chi connectivity index (χ1) is 29.3. The molecule has 8 aromatic carbocycles. The molecule has 5 nitrogen and oxygen atoms in total.